The van der Waals surface area contributed by atoms with Gasteiger partial charge in [-0.3, -0.25) is 9.69 Å². The Labute approximate surface area is 94.8 Å². The summed E-state index contributed by atoms with van der Waals surface area (Å²) in [5.41, 5.74) is 0. The molecular formula is C11H17N3O2. The molecule has 16 heavy (non-hydrogen) atoms. The Morgan fingerprint density at radius 3 is 3.06 bits per heavy atom. The summed E-state index contributed by atoms with van der Waals surface area (Å²) < 4.78 is 4.93. The van der Waals surface area contributed by atoms with Crippen molar-refractivity contribution in [3.05, 3.63) is 12.7 Å². The molecule has 1 aromatic heterocycles. The summed E-state index contributed by atoms with van der Waals surface area (Å²) in [7, 11) is 1.82. The Morgan fingerprint density at radius 2 is 2.44 bits per heavy atom. The Balaban J connectivity index is 2.23. The quantitative estimate of drug-likeness (QED) is 0.813. The van der Waals surface area contributed by atoms with E-state index >= 15 is 0 Å². The lowest BCUT2D eigenvalue weighted by Crippen LogP contribution is -2.47. The largest absolute Gasteiger partial charge is 0.449 e. The van der Waals surface area contributed by atoms with Crippen molar-refractivity contribution in [2.75, 3.05) is 18.5 Å². The first kappa shape index (κ1) is 11.1. The number of aromatic nitrogens is 1. The van der Waals surface area contributed by atoms with Gasteiger partial charge in [-0.1, -0.05) is 6.92 Å². The Morgan fingerprint density at radius 1 is 1.62 bits per heavy atom. The molecule has 2 heterocycles. The van der Waals surface area contributed by atoms with Crippen molar-refractivity contribution in [3.63, 3.8) is 0 Å². The van der Waals surface area contributed by atoms with Crippen LogP contribution >= 0.6 is 0 Å². The van der Waals surface area contributed by atoms with E-state index in [1.165, 1.54) is 12.7 Å². The predicted octanol–water partition coefficient (Wildman–Crippen LogP) is 1.03. The van der Waals surface area contributed by atoms with Gasteiger partial charge in [0.25, 0.3) is 0 Å². The minimum Gasteiger partial charge on any atom is -0.449 e. The highest BCUT2D eigenvalue weighted by Gasteiger charge is 2.32. The molecule has 88 valence electrons. The fourth-order valence-electron chi connectivity index (χ4n) is 2.23. The molecule has 0 aliphatic carbocycles. The van der Waals surface area contributed by atoms with Gasteiger partial charge in [0.2, 0.25) is 5.91 Å². The highest BCUT2D eigenvalue weighted by Crippen LogP contribution is 2.22. The van der Waals surface area contributed by atoms with Crippen LogP contribution in [0.25, 0.3) is 0 Å². The topological polar surface area (TPSA) is 58.4 Å². The van der Waals surface area contributed by atoms with E-state index in [0.29, 0.717) is 18.3 Å². The first-order valence-electron chi connectivity index (χ1n) is 5.61. The second-order valence-electron chi connectivity index (χ2n) is 4.22. The van der Waals surface area contributed by atoms with Crippen molar-refractivity contribution in [2.24, 2.45) is 5.92 Å². The van der Waals surface area contributed by atoms with Crippen molar-refractivity contribution in [3.8, 4) is 0 Å². The predicted molar refractivity (Wildman–Crippen MR) is 60.1 cm³/mol. The number of carbonyl (C=O) groups excluding carboxylic acids is 1. The molecule has 0 aromatic carbocycles. The zero-order chi connectivity index (χ0) is 11.5. The van der Waals surface area contributed by atoms with Crippen LogP contribution in [0.3, 0.4) is 0 Å². The fraction of sp³-hybridized carbons (Fsp3) is 0.636. The summed E-state index contributed by atoms with van der Waals surface area (Å²) in [6, 6.07) is -0.126. The molecule has 1 N–H and O–H groups in total. The summed E-state index contributed by atoms with van der Waals surface area (Å²) in [4.78, 5) is 18.0. The number of anilines is 1. The van der Waals surface area contributed by atoms with E-state index in [9.17, 15) is 4.79 Å². The van der Waals surface area contributed by atoms with Gasteiger partial charge in [0.05, 0.1) is 6.04 Å². The number of hydrogen-bond acceptors (Lipinski definition) is 4. The first-order valence-corrected chi connectivity index (χ1v) is 5.61. The number of nitrogens with zero attached hydrogens (tertiary/aromatic N) is 2. The second-order valence-corrected chi connectivity index (χ2v) is 4.22. The van der Waals surface area contributed by atoms with Crippen molar-refractivity contribution in [2.45, 2.75) is 25.8 Å². The highest BCUT2D eigenvalue weighted by atomic mass is 16.3. The Hall–Kier alpha value is -1.36. The smallest absolute Gasteiger partial charge is 0.245 e. The number of rotatable bonds is 2. The van der Waals surface area contributed by atoms with E-state index in [0.717, 1.165) is 12.8 Å². The van der Waals surface area contributed by atoms with Crippen LogP contribution in [-0.4, -0.2) is 30.5 Å². The van der Waals surface area contributed by atoms with Gasteiger partial charge >= 0.3 is 0 Å². The number of amides is 1. The summed E-state index contributed by atoms with van der Waals surface area (Å²) in [6.07, 6.45) is 4.91. The Bertz CT molecular complexity index is 350. The van der Waals surface area contributed by atoms with Crippen LogP contribution in [0.1, 0.15) is 19.8 Å². The molecule has 1 aliphatic heterocycles. The minimum absolute atomic E-state index is 0.0846. The third-order valence-corrected chi connectivity index (χ3v) is 3.15. The monoisotopic (exact) mass is 223 g/mol. The zero-order valence-corrected chi connectivity index (χ0v) is 9.64. The van der Waals surface area contributed by atoms with E-state index in [2.05, 4.69) is 17.2 Å². The molecule has 2 unspecified atom stereocenters. The van der Waals surface area contributed by atoms with E-state index < -0.39 is 0 Å². The fourth-order valence-corrected chi connectivity index (χ4v) is 2.23. The molecule has 1 aromatic rings. The Kier molecular flexibility index (Phi) is 3.24. The molecule has 0 spiro atoms. The number of hydrogen-bond donors (Lipinski definition) is 1. The maximum atomic E-state index is 12.3. The van der Waals surface area contributed by atoms with Gasteiger partial charge in [-0.2, -0.15) is 4.98 Å². The van der Waals surface area contributed by atoms with E-state index in [1.807, 2.05) is 7.05 Å². The highest BCUT2D eigenvalue weighted by molar-refractivity contribution is 5.96. The minimum atomic E-state index is -0.126. The lowest BCUT2D eigenvalue weighted by molar-refractivity contribution is -0.121. The van der Waals surface area contributed by atoms with E-state index in [4.69, 9.17) is 4.42 Å². The van der Waals surface area contributed by atoms with Gasteiger partial charge in [-0.05, 0) is 25.8 Å². The van der Waals surface area contributed by atoms with Crippen LogP contribution in [0.4, 0.5) is 5.82 Å². The molecule has 1 amide bonds. The standard InChI is InChI=1S/C11H17N3O2/c1-8-4-3-5-14(9-6-16-7-13-9)11(15)10(8)12-2/h6-8,10,12H,3-5H2,1-2H3. The van der Waals surface area contributed by atoms with E-state index in [1.54, 1.807) is 4.90 Å². The number of carbonyl (C=O) groups is 1. The van der Waals surface area contributed by atoms with Crippen LogP contribution in [0.5, 0.6) is 0 Å². The third-order valence-electron chi connectivity index (χ3n) is 3.15. The molecular weight excluding hydrogens is 206 g/mol. The SMILES string of the molecule is CNC1C(=O)N(c2cocn2)CCCC1C. The van der Waals surface area contributed by atoms with Gasteiger partial charge in [0.1, 0.15) is 6.26 Å². The van der Waals surface area contributed by atoms with Crippen molar-refractivity contribution in [1.82, 2.24) is 10.3 Å². The van der Waals surface area contributed by atoms with Crippen LogP contribution in [0, 0.1) is 5.92 Å². The van der Waals surface area contributed by atoms with Crippen LogP contribution < -0.4 is 10.2 Å². The van der Waals surface area contributed by atoms with Gasteiger partial charge in [0.15, 0.2) is 12.2 Å². The van der Waals surface area contributed by atoms with Crippen molar-refractivity contribution in [1.29, 1.82) is 0 Å². The van der Waals surface area contributed by atoms with E-state index in [-0.39, 0.29) is 11.9 Å². The molecule has 1 aliphatic rings. The van der Waals surface area contributed by atoms with Gasteiger partial charge < -0.3 is 9.73 Å². The molecule has 2 atom stereocenters. The zero-order valence-electron chi connectivity index (χ0n) is 9.64. The molecule has 2 rings (SSSR count). The van der Waals surface area contributed by atoms with Crippen LogP contribution in [0.2, 0.25) is 0 Å². The molecule has 0 bridgehead atoms. The maximum absolute atomic E-state index is 12.3. The normalized spacial score (nSPS) is 26.9. The lowest BCUT2D eigenvalue weighted by Gasteiger charge is -2.23. The van der Waals surface area contributed by atoms with Crippen LogP contribution in [0.15, 0.2) is 17.1 Å². The average molecular weight is 223 g/mol. The number of likely N-dealkylation sites (N-methyl/N-ethyl adjacent to an activating group) is 1. The molecule has 5 nitrogen and oxygen atoms in total. The molecule has 0 radical (unpaired) electrons. The molecule has 0 saturated carbocycles. The van der Waals surface area contributed by atoms with Crippen molar-refractivity contribution < 1.29 is 9.21 Å². The van der Waals surface area contributed by atoms with Gasteiger partial charge in [-0.25, -0.2) is 0 Å². The third kappa shape index (κ3) is 1.95. The van der Waals surface area contributed by atoms with Crippen molar-refractivity contribution >= 4 is 11.7 Å². The van der Waals surface area contributed by atoms with Crippen LogP contribution in [-0.2, 0) is 4.79 Å². The summed E-state index contributed by atoms with van der Waals surface area (Å²) in [5.74, 6) is 1.05. The summed E-state index contributed by atoms with van der Waals surface area (Å²) in [5, 5.41) is 3.09. The van der Waals surface area contributed by atoms with Gasteiger partial charge in [-0.15, -0.1) is 0 Å². The van der Waals surface area contributed by atoms with Gasteiger partial charge in [0, 0.05) is 6.54 Å². The molecule has 1 saturated heterocycles. The summed E-state index contributed by atoms with van der Waals surface area (Å²) in [6.45, 7) is 2.82. The first-order chi connectivity index (χ1) is 7.74. The number of nitrogens with one attached hydrogen (secondary N) is 1. The number of oxazole rings is 1. The lowest BCUT2D eigenvalue weighted by atomic mass is 9.98. The second kappa shape index (κ2) is 4.65. The molecule has 5 heteroatoms. The summed E-state index contributed by atoms with van der Waals surface area (Å²) >= 11 is 0. The molecule has 1 fully saturated rings. The maximum Gasteiger partial charge on any atom is 0.245 e. The average Bonchev–Trinajstić information content (AvgIpc) is 2.74.